The lowest BCUT2D eigenvalue weighted by Crippen LogP contribution is -2.32. The van der Waals surface area contributed by atoms with E-state index in [1.807, 2.05) is 39.0 Å². The molecule has 0 saturated carbocycles. The maximum atomic E-state index is 13.8. The van der Waals surface area contributed by atoms with Crippen molar-refractivity contribution in [2.45, 2.75) is 52.0 Å². The van der Waals surface area contributed by atoms with Gasteiger partial charge in [-0.05, 0) is 79.4 Å². The summed E-state index contributed by atoms with van der Waals surface area (Å²) < 4.78 is 28.7. The van der Waals surface area contributed by atoms with Gasteiger partial charge in [0.05, 0.1) is 21.7 Å². The van der Waals surface area contributed by atoms with Crippen molar-refractivity contribution in [1.29, 1.82) is 0 Å². The summed E-state index contributed by atoms with van der Waals surface area (Å²) in [5, 5.41) is 0.585. The second-order valence-electron chi connectivity index (χ2n) is 9.03. The zero-order chi connectivity index (χ0) is 26.6. The van der Waals surface area contributed by atoms with Crippen LogP contribution in [0.25, 0.3) is 10.2 Å². The molecule has 0 bridgehead atoms. The molecule has 7 nitrogen and oxygen atoms in total. The van der Waals surface area contributed by atoms with Crippen molar-refractivity contribution in [1.82, 2.24) is 14.3 Å². The molecule has 0 aliphatic rings. The highest BCUT2D eigenvalue weighted by Crippen LogP contribution is 2.32. The van der Waals surface area contributed by atoms with E-state index in [0.717, 1.165) is 34.2 Å². The van der Waals surface area contributed by atoms with Gasteiger partial charge in [-0.1, -0.05) is 37.7 Å². The molecule has 0 N–H and O–H groups in total. The van der Waals surface area contributed by atoms with Gasteiger partial charge in [0.2, 0.25) is 10.0 Å². The number of aromatic nitrogens is 2. The van der Waals surface area contributed by atoms with Crippen molar-refractivity contribution < 1.29 is 13.2 Å². The molecule has 9 heteroatoms. The third-order valence-electron chi connectivity index (χ3n) is 6.38. The third-order valence-corrected chi connectivity index (χ3v) is 9.41. The summed E-state index contributed by atoms with van der Waals surface area (Å²) in [5.41, 5.74) is 4.43. The third kappa shape index (κ3) is 5.89. The van der Waals surface area contributed by atoms with E-state index in [1.165, 1.54) is 33.3 Å². The summed E-state index contributed by atoms with van der Waals surface area (Å²) >= 11 is 1.46. The van der Waals surface area contributed by atoms with E-state index in [1.54, 1.807) is 29.4 Å². The maximum Gasteiger partial charge on any atom is 0.260 e. The molecule has 0 saturated heterocycles. The summed E-state index contributed by atoms with van der Waals surface area (Å²) in [6, 6.07) is 14.1. The minimum atomic E-state index is -3.62. The van der Waals surface area contributed by atoms with Crippen molar-refractivity contribution in [2.75, 3.05) is 18.0 Å². The number of rotatable bonds is 10. The van der Waals surface area contributed by atoms with Crippen molar-refractivity contribution in [2.24, 2.45) is 0 Å². The van der Waals surface area contributed by atoms with Crippen LogP contribution in [0.4, 0.5) is 5.13 Å². The molecule has 2 aromatic heterocycles. The molecule has 0 unspecified atom stereocenters. The summed E-state index contributed by atoms with van der Waals surface area (Å²) in [5.74, 6) is -0.251. The van der Waals surface area contributed by atoms with Gasteiger partial charge in [0.1, 0.15) is 0 Å². The van der Waals surface area contributed by atoms with E-state index in [2.05, 4.69) is 18.0 Å². The second kappa shape index (κ2) is 11.5. The van der Waals surface area contributed by atoms with Gasteiger partial charge in [-0.15, -0.1) is 0 Å². The Morgan fingerprint density at radius 3 is 2.41 bits per heavy atom. The van der Waals surface area contributed by atoms with Crippen LogP contribution in [-0.2, 0) is 16.6 Å². The molecular formula is C28H32N4O3S2. The number of unbranched alkanes of at least 4 members (excludes halogenated alkanes) is 1. The Morgan fingerprint density at radius 2 is 1.76 bits per heavy atom. The number of carbonyl (C=O) groups is 1. The van der Waals surface area contributed by atoms with Gasteiger partial charge in [0.15, 0.2) is 5.13 Å². The Bertz CT molecular complexity index is 1440. The number of anilines is 1. The molecule has 2 heterocycles. The highest BCUT2D eigenvalue weighted by atomic mass is 32.2. The predicted molar refractivity (Wildman–Crippen MR) is 150 cm³/mol. The Hall–Kier alpha value is -3.14. The Morgan fingerprint density at radius 1 is 1.03 bits per heavy atom. The average molecular weight is 537 g/mol. The molecule has 0 fully saturated rings. The van der Waals surface area contributed by atoms with Crippen LogP contribution >= 0.6 is 11.3 Å². The quantitative estimate of drug-likeness (QED) is 0.249. The van der Waals surface area contributed by atoms with Gasteiger partial charge in [-0.25, -0.2) is 13.4 Å². The number of pyridine rings is 1. The summed E-state index contributed by atoms with van der Waals surface area (Å²) in [6.07, 6.45) is 5.14. The fourth-order valence-corrected chi connectivity index (χ4v) is 6.57. The molecule has 1 amide bonds. The van der Waals surface area contributed by atoms with Crippen LogP contribution in [0.2, 0.25) is 0 Å². The summed E-state index contributed by atoms with van der Waals surface area (Å²) in [6.45, 7) is 9.15. The first-order chi connectivity index (χ1) is 17.7. The minimum absolute atomic E-state index is 0.187. The average Bonchev–Trinajstić information content (AvgIpc) is 3.30. The van der Waals surface area contributed by atoms with Gasteiger partial charge in [0.25, 0.3) is 5.91 Å². The number of aryl methyl sites for hydroxylation is 2. The van der Waals surface area contributed by atoms with E-state index >= 15 is 0 Å². The van der Waals surface area contributed by atoms with Gasteiger partial charge < -0.3 is 0 Å². The number of hydrogen-bond acceptors (Lipinski definition) is 6. The normalized spacial score (nSPS) is 11.8. The first kappa shape index (κ1) is 26.9. The lowest BCUT2D eigenvalue weighted by molar-refractivity contribution is 0.0985. The molecule has 0 spiro atoms. The molecule has 4 rings (SSSR count). The van der Waals surface area contributed by atoms with Crippen molar-refractivity contribution in [3.05, 3.63) is 83.2 Å². The predicted octanol–water partition coefficient (Wildman–Crippen LogP) is 5.97. The smallest absolute Gasteiger partial charge is 0.260 e. The molecule has 194 valence electrons. The van der Waals surface area contributed by atoms with Crippen LogP contribution in [0, 0.1) is 13.8 Å². The lowest BCUT2D eigenvalue weighted by Gasteiger charge is -2.21. The highest BCUT2D eigenvalue weighted by molar-refractivity contribution is 7.89. The van der Waals surface area contributed by atoms with Crippen LogP contribution in [0.1, 0.15) is 53.7 Å². The number of sulfonamides is 1. The number of carbonyl (C=O) groups excluding carboxylic acids is 1. The number of amides is 1. The molecule has 0 atom stereocenters. The van der Waals surface area contributed by atoms with Gasteiger partial charge in [-0.3, -0.25) is 14.7 Å². The zero-order valence-corrected chi connectivity index (χ0v) is 23.3. The molecule has 2 aromatic carbocycles. The van der Waals surface area contributed by atoms with E-state index in [9.17, 15) is 13.2 Å². The molecule has 4 aromatic rings. The molecule has 0 aliphatic carbocycles. The van der Waals surface area contributed by atoms with Gasteiger partial charge in [-0.2, -0.15) is 4.31 Å². The van der Waals surface area contributed by atoms with E-state index in [0.29, 0.717) is 30.3 Å². The van der Waals surface area contributed by atoms with Crippen molar-refractivity contribution in [3.8, 4) is 0 Å². The molecular weight excluding hydrogens is 504 g/mol. The number of hydrogen-bond donors (Lipinski definition) is 0. The van der Waals surface area contributed by atoms with Crippen LogP contribution in [0.15, 0.2) is 65.8 Å². The van der Waals surface area contributed by atoms with Crippen LogP contribution in [0.3, 0.4) is 0 Å². The lowest BCUT2D eigenvalue weighted by atomic mass is 10.1. The fourth-order valence-electron chi connectivity index (χ4n) is 4.04. The zero-order valence-electron chi connectivity index (χ0n) is 21.6. The van der Waals surface area contributed by atoms with Crippen LogP contribution in [0.5, 0.6) is 0 Å². The SMILES string of the molecule is CCCCN(CC)S(=O)(=O)c1ccc(C(=O)N(Cc2cccnc2)c2nc3cc(C)c(C)cc3s2)cc1. The number of thiazole rings is 1. The monoisotopic (exact) mass is 536 g/mol. The molecule has 0 radical (unpaired) electrons. The number of fused-ring (bicyclic) bond motifs is 1. The number of nitrogens with zero attached hydrogens (tertiary/aromatic N) is 4. The van der Waals surface area contributed by atoms with Crippen LogP contribution in [-0.4, -0.2) is 41.7 Å². The topological polar surface area (TPSA) is 83.5 Å². The molecule has 37 heavy (non-hydrogen) atoms. The largest absolute Gasteiger partial charge is 0.279 e. The highest BCUT2D eigenvalue weighted by Gasteiger charge is 2.25. The van der Waals surface area contributed by atoms with Gasteiger partial charge >= 0.3 is 0 Å². The standard InChI is InChI=1S/C28H32N4O3S2/c1-5-7-15-31(6-2)37(34,35)24-12-10-23(11-13-24)27(33)32(19-22-9-8-14-29-18-22)28-30-25-16-20(3)21(4)17-26(25)36-28/h8-14,16-18H,5-7,15,19H2,1-4H3. The second-order valence-corrected chi connectivity index (χ2v) is 12.0. The first-order valence-electron chi connectivity index (χ1n) is 12.4. The Labute approximate surface area is 222 Å². The van der Waals surface area contributed by atoms with E-state index in [-0.39, 0.29) is 10.8 Å². The van der Waals surface area contributed by atoms with E-state index < -0.39 is 10.0 Å². The summed E-state index contributed by atoms with van der Waals surface area (Å²) in [4.78, 5) is 24.6. The van der Waals surface area contributed by atoms with Crippen LogP contribution < -0.4 is 4.90 Å². The maximum absolute atomic E-state index is 13.8. The number of benzene rings is 2. The van der Waals surface area contributed by atoms with Gasteiger partial charge in [0, 0.05) is 31.0 Å². The fraction of sp³-hybridized carbons (Fsp3) is 0.321. The minimum Gasteiger partial charge on any atom is -0.279 e. The van der Waals surface area contributed by atoms with E-state index in [4.69, 9.17) is 4.98 Å². The Kier molecular flexibility index (Phi) is 8.36. The summed E-state index contributed by atoms with van der Waals surface area (Å²) in [7, 11) is -3.62. The Balaban J connectivity index is 1.68. The first-order valence-corrected chi connectivity index (χ1v) is 14.7. The van der Waals surface area contributed by atoms with Crippen molar-refractivity contribution >= 4 is 42.6 Å². The molecule has 0 aliphatic heterocycles. The van der Waals surface area contributed by atoms with Crippen molar-refractivity contribution in [3.63, 3.8) is 0 Å².